The van der Waals surface area contributed by atoms with E-state index in [2.05, 4.69) is 20.2 Å². The lowest BCUT2D eigenvalue weighted by atomic mass is 9.83. The molecule has 2 aromatic heterocycles. The monoisotopic (exact) mass is 545 g/mol. The zero-order valence-electron chi connectivity index (χ0n) is 21.9. The minimum atomic E-state index is -0.776. The van der Waals surface area contributed by atoms with E-state index in [1.165, 1.54) is 0 Å². The van der Waals surface area contributed by atoms with Gasteiger partial charge in [0.05, 0.1) is 17.5 Å². The van der Waals surface area contributed by atoms with Gasteiger partial charge in [-0.1, -0.05) is 18.2 Å². The Bertz CT molecular complexity index is 1450. The van der Waals surface area contributed by atoms with Crippen molar-refractivity contribution < 1.29 is 19.5 Å². The minimum Gasteiger partial charge on any atom is -0.486 e. The molecular weight excluding hydrogens is 514 g/mol. The number of nitrogens with zero attached hydrogens (tertiary/aromatic N) is 3. The summed E-state index contributed by atoms with van der Waals surface area (Å²) < 4.78 is 6.23. The largest absolute Gasteiger partial charge is 0.486 e. The fourth-order valence-electron chi connectivity index (χ4n) is 5.13. The Morgan fingerprint density at radius 1 is 1.15 bits per heavy atom. The van der Waals surface area contributed by atoms with Crippen LogP contribution in [-0.4, -0.2) is 45.6 Å². The molecule has 1 fully saturated rings. The molecule has 9 nitrogen and oxygen atoms in total. The molecule has 0 bridgehead atoms. The van der Waals surface area contributed by atoms with Crippen molar-refractivity contribution in [3.05, 3.63) is 83.0 Å². The number of pyridine rings is 1. The van der Waals surface area contributed by atoms with E-state index in [4.69, 9.17) is 9.94 Å². The van der Waals surface area contributed by atoms with Gasteiger partial charge in [0.15, 0.2) is 5.13 Å². The van der Waals surface area contributed by atoms with E-state index >= 15 is 0 Å². The average Bonchev–Trinajstić information content (AvgIpc) is 3.48. The summed E-state index contributed by atoms with van der Waals surface area (Å²) in [5.41, 5.74) is 4.30. The summed E-state index contributed by atoms with van der Waals surface area (Å²) in [7, 11) is 0. The van der Waals surface area contributed by atoms with Crippen LogP contribution in [0.25, 0.3) is 10.9 Å². The van der Waals surface area contributed by atoms with Crippen LogP contribution in [0.2, 0.25) is 0 Å². The van der Waals surface area contributed by atoms with Gasteiger partial charge in [-0.25, -0.2) is 10.5 Å². The molecule has 1 atom stereocenters. The van der Waals surface area contributed by atoms with Crippen LogP contribution in [0.15, 0.2) is 66.2 Å². The van der Waals surface area contributed by atoms with Crippen LogP contribution in [-0.2, 0) is 4.79 Å². The van der Waals surface area contributed by atoms with Crippen molar-refractivity contribution >= 4 is 39.2 Å². The summed E-state index contributed by atoms with van der Waals surface area (Å²) in [4.78, 5) is 36.5. The molecule has 0 spiro atoms. The van der Waals surface area contributed by atoms with E-state index in [1.807, 2.05) is 49.6 Å². The number of fused-ring (bicyclic) bond motifs is 1. The van der Waals surface area contributed by atoms with E-state index in [0.717, 1.165) is 27.3 Å². The summed E-state index contributed by atoms with van der Waals surface area (Å²) in [5, 5.41) is 16.1. The predicted octanol–water partition coefficient (Wildman–Crippen LogP) is 4.80. The summed E-state index contributed by atoms with van der Waals surface area (Å²) in [6.07, 6.45) is 2.61. The van der Waals surface area contributed by atoms with Crippen LogP contribution in [0.3, 0.4) is 0 Å². The topological polar surface area (TPSA) is 117 Å². The molecule has 4 aromatic rings. The number of hydrogen-bond donors (Lipinski definition) is 3. The SMILES string of the molecule is Cc1cc(C(C)Oc2ccc(C(=O)NC3(CC(=O)NO)CCN(c4nccs4)CC3)cc2)c2ccccc2n1. The van der Waals surface area contributed by atoms with E-state index in [1.54, 1.807) is 47.3 Å². The molecule has 10 heteroatoms. The molecule has 0 radical (unpaired) electrons. The number of thiazole rings is 1. The predicted molar refractivity (Wildman–Crippen MR) is 150 cm³/mol. The van der Waals surface area contributed by atoms with Crippen LogP contribution in [0, 0.1) is 6.92 Å². The van der Waals surface area contributed by atoms with Crippen molar-refractivity contribution in [1.29, 1.82) is 0 Å². The Balaban J connectivity index is 1.27. The number of anilines is 1. The Morgan fingerprint density at radius 2 is 1.90 bits per heavy atom. The third kappa shape index (κ3) is 6.02. The second-order valence-corrected chi connectivity index (χ2v) is 10.8. The number of carbonyl (C=O) groups excluding carboxylic acids is 2. The number of hydrogen-bond acceptors (Lipinski definition) is 8. The van der Waals surface area contributed by atoms with Crippen LogP contribution < -0.4 is 20.4 Å². The van der Waals surface area contributed by atoms with Gasteiger partial charge in [-0.15, -0.1) is 11.3 Å². The average molecular weight is 546 g/mol. The smallest absolute Gasteiger partial charge is 0.251 e. The summed E-state index contributed by atoms with van der Waals surface area (Å²) >= 11 is 1.56. The molecule has 1 unspecified atom stereocenters. The van der Waals surface area contributed by atoms with Gasteiger partial charge < -0.3 is 15.0 Å². The molecule has 5 rings (SSSR count). The quantitative estimate of drug-likeness (QED) is 0.215. The lowest BCUT2D eigenvalue weighted by molar-refractivity contribution is -0.130. The normalized spacial score (nSPS) is 15.5. The first-order valence-corrected chi connectivity index (χ1v) is 13.8. The van der Waals surface area contributed by atoms with Gasteiger partial charge in [0.25, 0.3) is 5.91 Å². The van der Waals surface area contributed by atoms with Crippen molar-refractivity contribution in [2.75, 3.05) is 18.0 Å². The van der Waals surface area contributed by atoms with Gasteiger partial charge in [-0.3, -0.25) is 19.8 Å². The highest BCUT2D eigenvalue weighted by atomic mass is 32.1. The molecule has 202 valence electrons. The number of piperidine rings is 1. The highest BCUT2D eigenvalue weighted by Gasteiger charge is 2.38. The Morgan fingerprint density at radius 3 is 2.59 bits per heavy atom. The third-order valence-corrected chi connectivity index (χ3v) is 7.99. The Kier molecular flexibility index (Phi) is 7.76. The number of ether oxygens (including phenoxy) is 1. The Labute approximate surface area is 230 Å². The molecule has 0 saturated carbocycles. The second kappa shape index (κ2) is 11.4. The fraction of sp³-hybridized carbons (Fsp3) is 0.310. The zero-order valence-corrected chi connectivity index (χ0v) is 22.7. The summed E-state index contributed by atoms with van der Waals surface area (Å²) in [5.74, 6) is -0.169. The molecule has 1 aliphatic rings. The summed E-state index contributed by atoms with van der Waals surface area (Å²) in [6, 6.07) is 17.0. The molecule has 1 aliphatic heterocycles. The minimum absolute atomic E-state index is 0.0149. The van der Waals surface area contributed by atoms with Crippen LogP contribution in [0.5, 0.6) is 5.75 Å². The number of carbonyl (C=O) groups is 2. The lowest BCUT2D eigenvalue weighted by Crippen LogP contribution is -2.57. The molecule has 2 aromatic carbocycles. The van der Waals surface area contributed by atoms with Crippen molar-refractivity contribution in [3.8, 4) is 5.75 Å². The second-order valence-electron chi connectivity index (χ2n) is 9.90. The molecule has 0 aliphatic carbocycles. The van der Waals surface area contributed by atoms with Crippen molar-refractivity contribution in [2.24, 2.45) is 0 Å². The number of hydroxylamine groups is 1. The van der Waals surface area contributed by atoms with Crippen LogP contribution >= 0.6 is 11.3 Å². The molecular formula is C29H31N5O4S. The maximum atomic E-state index is 13.3. The lowest BCUT2D eigenvalue weighted by Gasteiger charge is -2.42. The maximum Gasteiger partial charge on any atom is 0.251 e. The number of benzene rings is 2. The fourth-order valence-corrected chi connectivity index (χ4v) is 5.83. The highest BCUT2D eigenvalue weighted by molar-refractivity contribution is 7.13. The first kappa shape index (κ1) is 26.6. The highest BCUT2D eigenvalue weighted by Crippen LogP contribution is 2.31. The number of para-hydroxylation sites is 1. The van der Waals surface area contributed by atoms with Gasteiger partial charge in [0.1, 0.15) is 11.9 Å². The van der Waals surface area contributed by atoms with E-state index in [-0.39, 0.29) is 18.4 Å². The standard InChI is InChI=1S/C29H31N5O4S/c1-19-17-24(23-5-3-4-6-25(23)31-19)20(2)38-22-9-7-21(8-10-22)27(36)32-29(18-26(35)33-37)11-14-34(15-12-29)28-30-13-16-39-28/h3-10,13,16-17,20,37H,11-12,14-15,18H2,1-2H3,(H,32,36)(H,33,35). The number of amides is 2. The van der Waals surface area contributed by atoms with Gasteiger partial charge in [0.2, 0.25) is 5.91 Å². The van der Waals surface area contributed by atoms with E-state index in [0.29, 0.717) is 37.2 Å². The molecule has 3 heterocycles. The van der Waals surface area contributed by atoms with Gasteiger partial charge >= 0.3 is 0 Å². The van der Waals surface area contributed by atoms with Crippen molar-refractivity contribution in [1.82, 2.24) is 20.8 Å². The van der Waals surface area contributed by atoms with Crippen LogP contribution in [0.4, 0.5) is 5.13 Å². The third-order valence-electron chi connectivity index (χ3n) is 7.16. The first-order chi connectivity index (χ1) is 18.9. The molecule has 1 saturated heterocycles. The number of aryl methyl sites for hydroxylation is 1. The molecule has 39 heavy (non-hydrogen) atoms. The van der Waals surface area contributed by atoms with Crippen molar-refractivity contribution in [3.63, 3.8) is 0 Å². The van der Waals surface area contributed by atoms with Gasteiger partial charge in [-0.2, -0.15) is 0 Å². The van der Waals surface area contributed by atoms with Gasteiger partial charge in [-0.05, 0) is 63.1 Å². The first-order valence-electron chi connectivity index (χ1n) is 12.9. The van der Waals surface area contributed by atoms with Crippen LogP contribution in [0.1, 0.15) is 53.9 Å². The van der Waals surface area contributed by atoms with E-state index in [9.17, 15) is 9.59 Å². The zero-order chi connectivity index (χ0) is 27.4. The number of nitrogens with one attached hydrogen (secondary N) is 2. The number of rotatable bonds is 8. The summed E-state index contributed by atoms with van der Waals surface area (Å²) in [6.45, 7) is 5.24. The maximum absolute atomic E-state index is 13.3. The van der Waals surface area contributed by atoms with E-state index < -0.39 is 11.4 Å². The molecule has 2 amide bonds. The van der Waals surface area contributed by atoms with Gasteiger partial charge in [0, 0.05) is 46.9 Å². The molecule has 3 N–H and O–H groups in total. The van der Waals surface area contributed by atoms with Crippen molar-refractivity contribution in [2.45, 2.75) is 44.8 Å². The Hall–Kier alpha value is -4.02. The number of aromatic nitrogens is 2.